The van der Waals surface area contributed by atoms with E-state index >= 15 is 0 Å². The van der Waals surface area contributed by atoms with Crippen LogP contribution in [0, 0.1) is 41.5 Å². The molecule has 0 spiro atoms. The fraction of sp³-hybridized carbons (Fsp3) is 0.364. The van der Waals surface area contributed by atoms with Crippen LogP contribution in [0.25, 0.3) is 0 Å². The molecule has 0 nitrogen and oxygen atoms in total. The third kappa shape index (κ3) is 2.63. The van der Waals surface area contributed by atoms with Crippen LogP contribution in [-0.4, -0.2) is 0 Å². The minimum Gasteiger partial charge on any atom is -0.102 e. The molecule has 0 amide bonds. The Morgan fingerprint density at radius 3 is 1.18 bits per heavy atom. The van der Waals surface area contributed by atoms with Gasteiger partial charge in [0.15, 0.2) is 0 Å². The van der Waals surface area contributed by atoms with Crippen molar-refractivity contribution in [2.24, 2.45) is 0 Å². The van der Waals surface area contributed by atoms with Gasteiger partial charge in [-0.15, -0.1) is 6.58 Å². The van der Waals surface area contributed by atoms with Gasteiger partial charge in [0.1, 0.15) is 0 Å². The predicted molar refractivity (Wildman–Crippen MR) is 98.0 cm³/mol. The van der Waals surface area contributed by atoms with Crippen LogP contribution >= 0.6 is 0 Å². The van der Waals surface area contributed by atoms with Crippen molar-refractivity contribution in [1.29, 1.82) is 0 Å². The molecule has 0 aliphatic rings. The van der Waals surface area contributed by atoms with E-state index in [4.69, 9.17) is 0 Å². The first-order valence-electron chi connectivity index (χ1n) is 8.01. The highest BCUT2D eigenvalue weighted by molar-refractivity contribution is 5.51. The van der Waals surface area contributed by atoms with E-state index in [1.807, 2.05) is 0 Å². The van der Waals surface area contributed by atoms with Gasteiger partial charge < -0.3 is 0 Å². The zero-order valence-electron chi connectivity index (χ0n) is 15.1. The molecule has 0 saturated carbocycles. The molecule has 116 valence electrons. The summed E-state index contributed by atoms with van der Waals surface area (Å²) in [4.78, 5) is 0. The minimum absolute atomic E-state index is 0.160. The Morgan fingerprint density at radius 2 is 0.955 bits per heavy atom. The molecule has 0 aromatic heterocycles. The van der Waals surface area contributed by atoms with Crippen LogP contribution in [0.5, 0.6) is 0 Å². The Morgan fingerprint density at radius 1 is 0.682 bits per heavy atom. The van der Waals surface area contributed by atoms with E-state index in [9.17, 15) is 0 Å². The molecular formula is C22H28. The molecule has 0 radical (unpaired) electrons. The number of hydrogen-bond donors (Lipinski definition) is 0. The van der Waals surface area contributed by atoms with Crippen molar-refractivity contribution >= 4 is 0 Å². The number of aryl methyl sites for hydroxylation is 4. The van der Waals surface area contributed by atoms with Gasteiger partial charge in [0.05, 0.1) is 0 Å². The summed E-state index contributed by atoms with van der Waals surface area (Å²) in [5.41, 5.74) is 10.7. The number of allylic oxidation sites excluding steroid dienone is 1. The molecule has 2 rings (SSSR count). The molecule has 22 heavy (non-hydrogen) atoms. The van der Waals surface area contributed by atoms with E-state index in [0.717, 1.165) is 0 Å². The van der Waals surface area contributed by atoms with Gasteiger partial charge in [0.25, 0.3) is 0 Å². The lowest BCUT2D eigenvalue weighted by Crippen LogP contribution is -2.21. The molecule has 0 atom stereocenters. The molecule has 0 heteroatoms. The maximum atomic E-state index is 4.15. The van der Waals surface area contributed by atoms with Crippen molar-refractivity contribution in [3.05, 3.63) is 81.4 Å². The average Bonchev–Trinajstić information content (AvgIpc) is 2.48. The Labute approximate surface area is 135 Å². The second-order valence-electron chi connectivity index (χ2n) is 6.88. The van der Waals surface area contributed by atoms with Crippen molar-refractivity contribution in [2.45, 2.75) is 53.9 Å². The zero-order valence-corrected chi connectivity index (χ0v) is 15.1. The summed E-state index contributed by atoms with van der Waals surface area (Å²) < 4.78 is 0. The second-order valence-corrected chi connectivity index (χ2v) is 6.88. The predicted octanol–water partition coefficient (Wildman–Crippen LogP) is 6.03. The summed E-state index contributed by atoms with van der Waals surface area (Å²) in [5.74, 6) is 0. The summed E-state index contributed by atoms with van der Waals surface area (Å²) in [6, 6.07) is 9.26. The topological polar surface area (TPSA) is 0 Å². The lowest BCUT2D eigenvalue weighted by atomic mass is 9.74. The van der Waals surface area contributed by atoms with Gasteiger partial charge in [-0.1, -0.05) is 30.3 Å². The van der Waals surface area contributed by atoms with Crippen LogP contribution < -0.4 is 0 Å². The van der Waals surface area contributed by atoms with E-state index in [2.05, 4.69) is 85.4 Å². The molecule has 0 aliphatic heterocycles. The number of rotatable bonds is 3. The molecule has 0 fully saturated rings. The van der Waals surface area contributed by atoms with Gasteiger partial charge in [-0.2, -0.15) is 0 Å². The minimum atomic E-state index is -0.160. The van der Waals surface area contributed by atoms with E-state index in [1.165, 1.54) is 44.5 Å². The fourth-order valence-corrected chi connectivity index (χ4v) is 3.07. The molecule has 0 saturated heterocycles. The van der Waals surface area contributed by atoms with Crippen molar-refractivity contribution in [3.8, 4) is 0 Å². The summed E-state index contributed by atoms with van der Waals surface area (Å²) in [7, 11) is 0. The second kappa shape index (κ2) is 5.76. The molecule has 0 unspecified atom stereocenters. The van der Waals surface area contributed by atoms with Crippen LogP contribution in [0.1, 0.15) is 51.4 Å². The molecule has 2 aromatic carbocycles. The monoisotopic (exact) mass is 292 g/mol. The van der Waals surface area contributed by atoms with Crippen molar-refractivity contribution < 1.29 is 0 Å². The van der Waals surface area contributed by atoms with Gasteiger partial charge in [-0.05, 0) is 93.0 Å². The average molecular weight is 292 g/mol. The summed E-state index contributed by atoms with van der Waals surface area (Å²) in [6.07, 6.45) is 2.08. The summed E-state index contributed by atoms with van der Waals surface area (Å²) in [6.45, 7) is 19.6. The molecule has 2 aromatic rings. The van der Waals surface area contributed by atoms with E-state index in [0.29, 0.717) is 0 Å². The number of hydrogen-bond acceptors (Lipinski definition) is 0. The van der Waals surface area contributed by atoms with Crippen LogP contribution in [0.15, 0.2) is 36.9 Å². The summed E-state index contributed by atoms with van der Waals surface area (Å²) >= 11 is 0. The lowest BCUT2D eigenvalue weighted by molar-refractivity contribution is 0.720. The standard InChI is InChI=1S/C22H28/c1-9-22(8,20-10-14(2)18(6)15(3)11-20)21-12-16(4)19(7)17(5)13-21/h9-13H,1H2,2-8H3. The first kappa shape index (κ1) is 16.5. The fourth-order valence-electron chi connectivity index (χ4n) is 3.07. The molecule has 0 aliphatic carbocycles. The third-order valence-electron chi connectivity index (χ3n) is 5.46. The van der Waals surface area contributed by atoms with Gasteiger partial charge in [-0.25, -0.2) is 0 Å². The first-order valence-corrected chi connectivity index (χ1v) is 8.01. The molecule has 0 heterocycles. The van der Waals surface area contributed by atoms with Crippen molar-refractivity contribution in [1.82, 2.24) is 0 Å². The van der Waals surface area contributed by atoms with Gasteiger partial charge in [0.2, 0.25) is 0 Å². The van der Waals surface area contributed by atoms with Gasteiger partial charge in [0, 0.05) is 5.41 Å². The Bertz CT molecular complexity index is 628. The normalized spacial score (nSPS) is 11.6. The van der Waals surface area contributed by atoms with Gasteiger partial charge in [-0.3, -0.25) is 0 Å². The van der Waals surface area contributed by atoms with Crippen molar-refractivity contribution in [2.75, 3.05) is 0 Å². The zero-order chi connectivity index (χ0) is 16.7. The van der Waals surface area contributed by atoms with E-state index in [1.54, 1.807) is 0 Å². The van der Waals surface area contributed by atoms with Crippen LogP contribution in [-0.2, 0) is 5.41 Å². The largest absolute Gasteiger partial charge is 0.102 e. The Kier molecular flexibility index (Phi) is 4.33. The third-order valence-corrected chi connectivity index (χ3v) is 5.46. The number of benzene rings is 2. The molecule has 0 N–H and O–H groups in total. The maximum absolute atomic E-state index is 4.15. The quantitative estimate of drug-likeness (QED) is 0.606. The smallest absolute Gasteiger partial charge is 0.0351 e. The van der Waals surface area contributed by atoms with E-state index in [-0.39, 0.29) is 5.41 Å². The van der Waals surface area contributed by atoms with Crippen molar-refractivity contribution in [3.63, 3.8) is 0 Å². The van der Waals surface area contributed by atoms with Crippen LogP contribution in [0.2, 0.25) is 0 Å². The van der Waals surface area contributed by atoms with Gasteiger partial charge >= 0.3 is 0 Å². The highest BCUT2D eigenvalue weighted by Gasteiger charge is 2.27. The van der Waals surface area contributed by atoms with Crippen LogP contribution in [0.4, 0.5) is 0 Å². The summed E-state index contributed by atoms with van der Waals surface area (Å²) in [5, 5.41) is 0. The first-order chi connectivity index (χ1) is 10.2. The highest BCUT2D eigenvalue weighted by Crippen LogP contribution is 2.36. The highest BCUT2D eigenvalue weighted by atomic mass is 14.3. The van der Waals surface area contributed by atoms with E-state index < -0.39 is 0 Å². The molecule has 0 bridgehead atoms. The SMILES string of the molecule is C=CC(C)(c1cc(C)c(C)c(C)c1)c1cc(C)c(C)c(C)c1. The molecular weight excluding hydrogens is 264 g/mol. The Hall–Kier alpha value is -1.82. The van der Waals surface area contributed by atoms with Crippen LogP contribution in [0.3, 0.4) is 0 Å². The lowest BCUT2D eigenvalue weighted by Gasteiger charge is -2.30. The Balaban J connectivity index is 2.70. The maximum Gasteiger partial charge on any atom is 0.0351 e.